The van der Waals surface area contributed by atoms with Crippen LogP contribution in [0.2, 0.25) is 0 Å². The number of nitrogens with one attached hydrogen (secondary N) is 2. The summed E-state index contributed by atoms with van der Waals surface area (Å²) in [6.45, 7) is 5.04. The Kier molecular flexibility index (Phi) is 5.31. The number of amides is 3. The summed E-state index contributed by atoms with van der Waals surface area (Å²) < 4.78 is 4.96. The van der Waals surface area contributed by atoms with Crippen LogP contribution >= 0.6 is 0 Å². The molecule has 0 saturated carbocycles. The Balaban J connectivity index is 2.72. The molecular weight excluding hydrogens is 262 g/mol. The lowest BCUT2D eigenvalue weighted by Crippen LogP contribution is -2.53. The van der Waals surface area contributed by atoms with Crippen LogP contribution in [0.25, 0.3) is 0 Å². The second kappa shape index (κ2) is 6.74. The maximum atomic E-state index is 12.0. The molecule has 0 bridgehead atoms. The monoisotopic (exact) mass is 281 g/mol. The molecule has 7 heteroatoms. The molecule has 110 valence electrons. The third-order valence-corrected chi connectivity index (χ3v) is 2.77. The van der Waals surface area contributed by atoms with E-state index < -0.39 is 29.8 Å². The molecule has 0 aromatic carbocycles. The van der Waals surface area contributed by atoms with Crippen LogP contribution in [0.1, 0.15) is 31.3 Å². The van der Waals surface area contributed by atoms with Gasteiger partial charge >= 0.3 is 0 Å². The first-order chi connectivity index (χ1) is 9.32. The molecular formula is C13H19N3O4. The fourth-order valence-corrected chi connectivity index (χ4v) is 1.53. The van der Waals surface area contributed by atoms with Gasteiger partial charge in [-0.15, -0.1) is 0 Å². The lowest BCUT2D eigenvalue weighted by atomic mass is 10.0. The van der Waals surface area contributed by atoms with Crippen LogP contribution in [0.15, 0.2) is 22.8 Å². The second-order valence-electron chi connectivity index (χ2n) is 4.81. The average Bonchev–Trinajstić information content (AvgIpc) is 2.88. The summed E-state index contributed by atoms with van der Waals surface area (Å²) in [5.41, 5.74) is 5.08. The first kappa shape index (κ1) is 15.7. The van der Waals surface area contributed by atoms with Crippen molar-refractivity contribution in [3.8, 4) is 0 Å². The first-order valence-electron chi connectivity index (χ1n) is 6.27. The topological polar surface area (TPSA) is 114 Å². The first-order valence-corrected chi connectivity index (χ1v) is 6.27. The van der Waals surface area contributed by atoms with E-state index in [1.54, 1.807) is 19.9 Å². The number of primary amides is 1. The predicted octanol–water partition coefficient (Wildman–Crippen LogP) is 0.0240. The minimum Gasteiger partial charge on any atom is -0.459 e. The molecule has 1 aromatic rings. The Morgan fingerprint density at radius 2 is 1.85 bits per heavy atom. The van der Waals surface area contributed by atoms with Gasteiger partial charge in [-0.3, -0.25) is 14.4 Å². The average molecular weight is 281 g/mol. The van der Waals surface area contributed by atoms with Crippen LogP contribution in [-0.4, -0.2) is 29.8 Å². The van der Waals surface area contributed by atoms with Gasteiger partial charge in [0.25, 0.3) is 5.91 Å². The Morgan fingerprint density at radius 1 is 1.20 bits per heavy atom. The lowest BCUT2D eigenvalue weighted by Gasteiger charge is -2.22. The summed E-state index contributed by atoms with van der Waals surface area (Å²) in [5.74, 6) is -1.64. The quantitative estimate of drug-likeness (QED) is 0.682. The molecule has 3 amide bonds. The van der Waals surface area contributed by atoms with Crippen LogP contribution in [-0.2, 0) is 9.59 Å². The van der Waals surface area contributed by atoms with Crippen molar-refractivity contribution in [3.63, 3.8) is 0 Å². The number of carbonyl (C=O) groups excluding carboxylic acids is 3. The summed E-state index contributed by atoms with van der Waals surface area (Å²) in [6.07, 6.45) is 1.37. The number of furan rings is 1. The minimum absolute atomic E-state index is 0.117. The molecule has 0 aliphatic carbocycles. The van der Waals surface area contributed by atoms with E-state index in [2.05, 4.69) is 10.6 Å². The van der Waals surface area contributed by atoms with Crippen molar-refractivity contribution in [3.05, 3.63) is 24.2 Å². The second-order valence-corrected chi connectivity index (χ2v) is 4.81. The number of rotatable bonds is 6. The van der Waals surface area contributed by atoms with Crippen molar-refractivity contribution < 1.29 is 18.8 Å². The summed E-state index contributed by atoms with van der Waals surface area (Å²) in [6, 6.07) is 1.49. The van der Waals surface area contributed by atoms with E-state index in [9.17, 15) is 14.4 Å². The van der Waals surface area contributed by atoms with Crippen LogP contribution in [0.5, 0.6) is 0 Å². The van der Waals surface area contributed by atoms with Gasteiger partial charge in [0.15, 0.2) is 5.76 Å². The molecule has 20 heavy (non-hydrogen) atoms. The van der Waals surface area contributed by atoms with Gasteiger partial charge in [0, 0.05) is 0 Å². The Bertz CT molecular complexity index is 482. The van der Waals surface area contributed by atoms with Gasteiger partial charge < -0.3 is 20.8 Å². The fourth-order valence-electron chi connectivity index (χ4n) is 1.53. The van der Waals surface area contributed by atoms with E-state index in [1.807, 2.05) is 0 Å². The largest absolute Gasteiger partial charge is 0.459 e. The number of nitrogens with two attached hydrogens (primary N) is 1. The van der Waals surface area contributed by atoms with Gasteiger partial charge in [0.1, 0.15) is 12.1 Å². The maximum absolute atomic E-state index is 12.0. The summed E-state index contributed by atoms with van der Waals surface area (Å²) >= 11 is 0. The summed E-state index contributed by atoms with van der Waals surface area (Å²) in [5, 5.41) is 5.02. The lowest BCUT2D eigenvalue weighted by molar-refractivity contribution is -0.128. The highest BCUT2D eigenvalue weighted by atomic mass is 16.3. The highest BCUT2D eigenvalue weighted by Gasteiger charge is 2.27. The SMILES string of the molecule is CC(NC(=O)C(NC(=O)c1ccco1)C(C)C)C(N)=O. The predicted molar refractivity (Wildman–Crippen MR) is 71.6 cm³/mol. The molecule has 7 nitrogen and oxygen atoms in total. The third-order valence-electron chi connectivity index (χ3n) is 2.77. The fraction of sp³-hybridized carbons (Fsp3) is 0.462. The minimum atomic E-state index is -0.802. The van der Waals surface area contributed by atoms with E-state index >= 15 is 0 Å². The van der Waals surface area contributed by atoms with Gasteiger partial charge in [-0.05, 0) is 25.0 Å². The zero-order valence-corrected chi connectivity index (χ0v) is 11.7. The summed E-state index contributed by atoms with van der Waals surface area (Å²) in [4.78, 5) is 34.9. The van der Waals surface area contributed by atoms with Crippen molar-refractivity contribution in [1.82, 2.24) is 10.6 Å². The molecule has 1 rings (SSSR count). The Morgan fingerprint density at radius 3 is 2.30 bits per heavy atom. The molecule has 0 radical (unpaired) electrons. The zero-order chi connectivity index (χ0) is 15.3. The van der Waals surface area contributed by atoms with E-state index in [0.29, 0.717) is 0 Å². The van der Waals surface area contributed by atoms with Gasteiger partial charge in [-0.1, -0.05) is 13.8 Å². The number of carbonyl (C=O) groups is 3. The van der Waals surface area contributed by atoms with Gasteiger partial charge in [-0.25, -0.2) is 0 Å². The molecule has 1 heterocycles. The Labute approximate surface area is 116 Å². The third kappa shape index (κ3) is 4.11. The standard InChI is InChI=1S/C13H19N3O4/c1-7(2)10(13(19)15-8(3)11(14)17)16-12(18)9-5-4-6-20-9/h4-8,10H,1-3H3,(H2,14,17)(H,15,19)(H,16,18). The molecule has 2 unspecified atom stereocenters. The van der Waals surface area contributed by atoms with Crippen LogP contribution < -0.4 is 16.4 Å². The zero-order valence-electron chi connectivity index (χ0n) is 11.7. The van der Waals surface area contributed by atoms with Crippen LogP contribution in [0.3, 0.4) is 0 Å². The smallest absolute Gasteiger partial charge is 0.287 e. The Hall–Kier alpha value is -2.31. The molecule has 2 atom stereocenters. The highest BCUT2D eigenvalue weighted by Crippen LogP contribution is 2.06. The number of hydrogen-bond acceptors (Lipinski definition) is 4. The van der Waals surface area contributed by atoms with Crippen molar-refractivity contribution in [1.29, 1.82) is 0 Å². The molecule has 4 N–H and O–H groups in total. The molecule has 0 spiro atoms. The highest BCUT2D eigenvalue weighted by molar-refractivity contribution is 5.96. The van der Waals surface area contributed by atoms with Crippen molar-refractivity contribution in [2.75, 3.05) is 0 Å². The van der Waals surface area contributed by atoms with Gasteiger partial charge in [0.2, 0.25) is 11.8 Å². The molecule has 0 aliphatic heterocycles. The van der Waals surface area contributed by atoms with E-state index in [-0.39, 0.29) is 11.7 Å². The van der Waals surface area contributed by atoms with E-state index in [0.717, 1.165) is 0 Å². The van der Waals surface area contributed by atoms with Crippen LogP contribution in [0, 0.1) is 5.92 Å². The van der Waals surface area contributed by atoms with E-state index in [4.69, 9.17) is 10.2 Å². The van der Waals surface area contributed by atoms with Crippen LogP contribution in [0.4, 0.5) is 0 Å². The normalized spacial score (nSPS) is 13.6. The van der Waals surface area contributed by atoms with Crippen molar-refractivity contribution in [2.45, 2.75) is 32.9 Å². The molecule has 1 aromatic heterocycles. The molecule has 0 saturated heterocycles. The summed E-state index contributed by atoms with van der Waals surface area (Å²) in [7, 11) is 0. The molecule has 0 fully saturated rings. The maximum Gasteiger partial charge on any atom is 0.287 e. The van der Waals surface area contributed by atoms with Gasteiger partial charge in [-0.2, -0.15) is 0 Å². The van der Waals surface area contributed by atoms with Crippen molar-refractivity contribution in [2.24, 2.45) is 11.7 Å². The van der Waals surface area contributed by atoms with Crippen molar-refractivity contribution >= 4 is 17.7 Å². The van der Waals surface area contributed by atoms with E-state index in [1.165, 1.54) is 19.3 Å². The molecule has 0 aliphatic rings. The van der Waals surface area contributed by atoms with Gasteiger partial charge in [0.05, 0.1) is 6.26 Å². The number of hydrogen-bond donors (Lipinski definition) is 3.